The van der Waals surface area contributed by atoms with Crippen molar-refractivity contribution in [3.8, 4) is 17.2 Å². The third-order valence-corrected chi connectivity index (χ3v) is 7.56. The molecule has 0 aromatic heterocycles. The van der Waals surface area contributed by atoms with Crippen molar-refractivity contribution in [1.82, 2.24) is 5.32 Å². The van der Waals surface area contributed by atoms with E-state index in [1.54, 1.807) is 0 Å². The van der Waals surface area contributed by atoms with Gasteiger partial charge in [-0.05, 0) is 81.3 Å². The SMILES string of the molecule is Cc1c(C)c2c(c(C)c1OCC(N)=O)CCC(C)(COc1ccc(CC3SC(=O)NC3=O)cc1)O2. The van der Waals surface area contributed by atoms with Gasteiger partial charge in [0, 0.05) is 5.56 Å². The lowest BCUT2D eigenvalue weighted by Gasteiger charge is -2.38. The van der Waals surface area contributed by atoms with Crippen molar-refractivity contribution in [2.24, 2.45) is 5.73 Å². The van der Waals surface area contributed by atoms with Gasteiger partial charge < -0.3 is 19.9 Å². The molecule has 3 amide bonds. The maximum atomic E-state index is 11.8. The first-order valence-corrected chi connectivity index (χ1v) is 12.4. The molecule has 2 unspecified atom stereocenters. The number of benzene rings is 2. The van der Waals surface area contributed by atoms with Crippen LogP contribution in [0.2, 0.25) is 0 Å². The van der Waals surface area contributed by atoms with Crippen molar-refractivity contribution < 1.29 is 28.6 Å². The Kier molecular flexibility index (Phi) is 6.98. The minimum Gasteiger partial charge on any atom is -0.489 e. The monoisotopic (exact) mass is 498 g/mol. The van der Waals surface area contributed by atoms with Gasteiger partial charge in [0.25, 0.3) is 11.1 Å². The zero-order valence-electron chi connectivity index (χ0n) is 20.4. The van der Waals surface area contributed by atoms with Crippen LogP contribution in [0.25, 0.3) is 0 Å². The highest BCUT2D eigenvalue weighted by molar-refractivity contribution is 8.15. The Morgan fingerprint density at radius 2 is 1.86 bits per heavy atom. The van der Waals surface area contributed by atoms with Gasteiger partial charge in [-0.15, -0.1) is 0 Å². The molecule has 35 heavy (non-hydrogen) atoms. The van der Waals surface area contributed by atoms with Gasteiger partial charge in [-0.25, -0.2) is 0 Å². The third kappa shape index (κ3) is 5.40. The standard InChI is InChI=1S/C26H30N2O6S/c1-14-15(2)23-19(16(3)22(14)32-12-21(27)29)9-10-26(4,34-23)13-33-18-7-5-17(6-8-18)11-20-24(30)28-25(31)35-20/h5-8,20H,9-13H2,1-4H3,(H2,27,29)(H,28,30,31). The van der Waals surface area contributed by atoms with E-state index in [1.165, 1.54) is 0 Å². The van der Waals surface area contributed by atoms with E-state index < -0.39 is 11.5 Å². The fourth-order valence-corrected chi connectivity index (χ4v) is 5.30. The molecule has 0 bridgehead atoms. The van der Waals surface area contributed by atoms with E-state index >= 15 is 0 Å². The van der Waals surface area contributed by atoms with Gasteiger partial charge in [-0.2, -0.15) is 0 Å². The number of fused-ring (bicyclic) bond motifs is 1. The van der Waals surface area contributed by atoms with Gasteiger partial charge in [0.1, 0.15) is 29.5 Å². The highest BCUT2D eigenvalue weighted by Gasteiger charge is 2.36. The molecule has 2 aliphatic heterocycles. The van der Waals surface area contributed by atoms with Crippen molar-refractivity contribution in [2.75, 3.05) is 13.2 Å². The van der Waals surface area contributed by atoms with E-state index in [0.29, 0.717) is 24.5 Å². The lowest BCUT2D eigenvalue weighted by molar-refractivity contribution is -0.120. The first-order valence-electron chi connectivity index (χ1n) is 11.5. The zero-order chi connectivity index (χ0) is 25.3. The third-order valence-electron chi connectivity index (χ3n) is 6.58. The van der Waals surface area contributed by atoms with E-state index in [-0.39, 0.29) is 23.0 Å². The average molecular weight is 499 g/mol. The molecule has 8 nitrogen and oxygen atoms in total. The fraction of sp³-hybridized carbons (Fsp3) is 0.423. The van der Waals surface area contributed by atoms with Crippen molar-refractivity contribution in [2.45, 2.75) is 57.8 Å². The molecule has 0 spiro atoms. The smallest absolute Gasteiger partial charge is 0.286 e. The largest absolute Gasteiger partial charge is 0.489 e. The second kappa shape index (κ2) is 9.81. The summed E-state index contributed by atoms with van der Waals surface area (Å²) in [6.07, 6.45) is 2.05. The van der Waals surface area contributed by atoms with Crippen LogP contribution in [0, 0.1) is 20.8 Å². The number of rotatable bonds is 8. The summed E-state index contributed by atoms with van der Waals surface area (Å²) in [5.41, 5.74) is 9.67. The quantitative estimate of drug-likeness (QED) is 0.572. The van der Waals surface area contributed by atoms with Gasteiger partial charge in [0.2, 0.25) is 5.91 Å². The van der Waals surface area contributed by atoms with Crippen molar-refractivity contribution in [3.05, 3.63) is 52.1 Å². The van der Waals surface area contributed by atoms with Gasteiger partial charge in [0.05, 0.1) is 5.25 Å². The van der Waals surface area contributed by atoms with E-state index in [9.17, 15) is 14.4 Å². The summed E-state index contributed by atoms with van der Waals surface area (Å²) in [6, 6.07) is 7.57. The van der Waals surface area contributed by atoms with Crippen molar-refractivity contribution >= 4 is 28.8 Å². The van der Waals surface area contributed by atoms with Crippen LogP contribution in [-0.4, -0.2) is 41.1 Å². The lowest BCUT2D eigenvalue weighted by Crippen LogP contribution is -2.42. The fourth-order valence-electron chi connectivity index (χ4n) is 4.44. The number of carbonyl (C=O) groups excluding carboxylic acids is 3. The Morgan fingerprint density at radius 1 is 1.14 bits per heavy atom. The van der Waals surface area contributed by atoms with E-state index in [4.69, 9.17) is 19.9 Å². The predicted octanol–water partition coefficient (Wildman–Crippen LogP) is 3.53. The maximum Gasteiger partial charge on any atom is 0.286 e. The predicted molar refractivity (Wildman–Crippen MR) is 133 cm³/mol. The zero-order valence-corrected chi connectivity index (χ0v) is 21.2. The average Bonchev–Trinajstić information content (AvgIpc) is 3.13. The summed E-state index contributed by atoms with van der Waals surface area (Å²) in [5, 5.41) is 1.63. The van der Waals surface area contributed by atoms with Gasteiger partial charge in [-0.1, -0.05) is 23.9 Å². The Labute approximate surface area is 208 Å². The molecular formula is C26H30N2O6S. The van der Waals surface area contributed by atoms with Gasteiger partial charge in [0.15, 0.2) is 6.61 Å². The van der Waals surface area contributed by atoms with Crippen LogP contribution in [0.15, 0.2) is 24.3 Å². The van der Waals surface area contributed by atoms with Crippen LogP contribution >= 0.6 is 11.8 Å². The Balaban J connectivity index is 1.41. The van der Waals surface area contributed by atoms with Crippen LogP contribution in [-0.2, 0) is 22.4 Å². The number of nitrogens with two attached hydrogens (primary N) is 1. The van der Waals surface area contributed by atoms with Crippen LogP contribution in [0.3, 0.4) is 0 Å². The van der Waals surface area contributed by atoms with Crippen LogP contribution in [0.4, 0.5) is 4.79 Å². The second-order valence-electron chi connectivity index (χ2n) is 9.34. The Morgan fingerprint density at radius 3 is 2.49 bits per heavy atom. The number of primary amides is 1. The number of nitrogens with one attached hydrogen (secondary N) is 1. The molecule has 2 atom stereocenters. The molecular weight excluding hydrogens is 468 g/mol. The minimum atomic E-state index is -0.510. The van der Waals surface area contributed by atoms with Crippen LogP contribution < -0.4 is 25.3 Å². The Bertz CT molecular complexity index is 1180. The number of imide groups is 1. The molecule has 2 aromatic carbocycles. The molecule has 3 N–H and O–H groups in total. The molecule has 1 fully saturated rings. The van der Waals surface area contributed by atoms with Crippen molar-refractivity contribution in [1.29, 1.82) is 0 Å². The number of hydrogen-bond donors (Lipinski definition) is 2. The molecule has 186 valence electrons. The number of ether oxygens (including phenoxy) is 3. The van der Waals surface area contributed by atoms with Crippen LogP contribution in [0.1, 0.15) is 41.2 Å². The molecule has 2 heterocycles. The van der Waals surface area contributed by atoms with Crippen LogP contribution in [0.5, 0.6) is 17.2 Å². The number of hydrogen-bond acceptors (Lipinski definition) is 7. The van der Waals surface area contributed by atoms with Gasteiger partial charge in [-0.3, -0.25) is 19.7 Å². The molecule has 0 saturated carbocycles. The minimum absolute atomic E-state index is 0.157. The first-order chi connectivity index (χ1) is 16.6. The first kappa shape index (κ1) is 24.9. The molecule has 1 saturated heterocycles. The molecule has 4 rings (SSSR count). The summed E-state index contributed by atoms with van der Waals surface area (Å²) in [6.45, 7) is 8.19. The summed E-state index contributed by atoms with van der Waals surface area (Å²) in [7, 11) is 0. The topological polar surface area (TPSA) is 117 Å². The second-order valence-corrected chi connectivity index (χ2v) is 10.5. The van der Waals surface area contributed by atoms with E-state index in [2.05, 4.69) is 5.32 Å². The lowest BCUT2D eigenvalue weighted by atomic mass is 9.87. The van der Waals surface area contributed by atoms with E-state index in [1.807, 2.05) is 52.0 Å². The summed E-state index contributed by atoms with van der Waals surface area (Å²) in [4.78, 5) is 34.3. The molecule has 9 heteroatoms. The van der Waals surface area contributed by atoms with Gasteiger partial charge >= 0.3 is 0 Å². The number of amides is 3. The maximum absolute atomic E-state index is 11.8. The summed E-state index contributed by atoms with van der Waals surface area (Å²) < 4.78 is 18.3. The molecule has 0 aliphatic carbocycles. The highest BCUT2D eigenvalue weighted by atomic mass is 32.2. The number of thioether (sulfide) groups is 1. The number of carbonyl (C=O) groups is 3. The molecule has 2 aromatic rings. The van der Waals surface area contributed by atoms with Crippen molar-refractivity contribution in [3.63, 3.8) is 0 Å². The summed E-state index contributed by atoms with van der Waals surface area (Å²) >= 11 is 1.03. The van der Waals surface area contributed by atoms with E-state index in [0.717, 1.165) is 58.2 Å². The highest BCUT2D eigenvalue weighted by Crippen LogP contribution is 2.44. The Hall–Kier alpha value is -3.20. The molecule has 0 radical (unpaired) electrons. The normalized spacial score (nSPS) is 21.2. The summed E-state index contributed by atoms with van der Waals surface area (Å²) in [5.74, 6) is 1.51. The molecule has 2 aliphatic rings.